The van der Waals surface area contributed by atoms with E-state index in [0.29, 0.717) is 6.54 Å². The molecule has 1 atom stereocenters. The van der Waals surface area contributed by atoms with E-state index < -0.39 is 10.0 Å². The van der Waals surface area contributed by atoms with E-state index >= 15 is 0 Å². The average molecular weight is 306 g/mol. The Labute approximate surface area is 124 Å². The number of sulfonamides is 1. The molecule has 0 heterocycles. The van der Waals surface area contributed by atoms with Crippen molar-refractivity contribution in [1.29, 1.82) is 0 Å². The second-order valence-electron chi connectivity index (χ2n) is 4.88. The molecule has 0 aliphatic rings. The fraction of sp³-hybridized carbons (Fsp3) is 0.200. The van der Waals surface area contributed by atoms with Gasteiger partial charge in [-0.3, -0.25) is 0 Å². The summed E-state index contributed by atoms with van der Waals surface area (Å²) in [5.74, 6) is 0.240. The van der Waals surface area contributed by atoms with Gasteiger partial charge in [0, 0.05) is 12.6 Å². The molecule has 0 aliphatic heterocycles. The van der Waals surface area contributed by atoms with E-state index in [4.69, 9.17) is 5.14 Å². The van der Waals surface area contributed by atoms with Crippen LogP contribution < -0.4 is 10.5 Å². The summed E-state index contributed by atoms with van der Waals surface area (Å²) in [6.45, 7) is 2.62. The number of benzene rings is 2. The largest absolute Gasteiger partial charge is 0.508 e. The summed E-state index contributed by atoms with van der Waals surface area (Å²) < 4.78 is 22.3. The van der Waals surface area contributed by atoms with Gasteiger partial charge in [0.25, 0.3) is 0 Å². The third kappa shape index (κ3) is 4.29. The Hall–Kier alpha value is -1.89. The van der Waals surface area contributed by atoms with Gasteiger partial charge >= 0.3 is 0 Å². The maximum atomic E-state index is 11.2. The highest BCUT2D eigenvalue weighted by molar-refractivity contribution is 7.89. The first-order valence-electron chi connectivity index (χ1n) is 6.50. The van der Waals surface area contributed by atoms with Crippen LogP contribution in [-0.2, 0) is 16.6 Å². The lowest BCUT2D eigenvalue weighted by molar-refractivity contribution is 0.474. The first-order valence-corrected chi connectivity index (χ1v) is 8.05. The zero-order chi connectivity index (χ0) is 15.5. The molecule has 6 heteroatoms. The molecule has 1 unspecified atom stereocenters. The van der Waals surface area contributed by atoms with Crippen molar-refractivity contribution in [3.63, 3.8) is 0 Å². The monoisotopic (exact) mass is 306 g/mol. The van der Waals surface area contributed by atoms with E-state index in [1.165, 1.54) is 12.1 Å². The molecule has 0 saturated carbocycles. The fourth-order valence-electron chi connectivity index (χ4n) is 1.95. The van der Waals surface area contributed by atoms with Crippen LogP contribution in [-0.4, -0.2) is 13.5 Å². The minimum atomic E-state index is -3.64. The van der Waals surface area contributed by atoms with Gasteiger partial charge in [-0.15, -0.1) is 0 Å². The first-order chi connectivity index (χ1) is 9.86. The number of primary sulfonamides is 1. The highest BCUT2D eigenvalue weighted by Gasteiger charge is 2.08. The van der Waals surface area contributed by atoms with Gasteiger partial charge in [-0.05, 0) is 42.3 Å². The lowest BCUT2D eigenvalue weighted by Crippen LogP contribution is -2.18. The molecule has 0 amide bonds. The van der Waals surface area contributed by atoms with E-state index in [1.54, 1.807) is 24.3 Å². The smallest absolute Gasteiger partial charge is 0.238 e. The van der Waals surface area contributed by atoms with Crippen LogP contribution in [0.2, 0.25) is 0 Å². The Morgan fingerprint density at radius 3 is 2.19 bits per heavy atom. The quantitative estimate of drug-likeness (QED) is 0.786. The summed E-state index contributed by atoms with van der Waals surface area (Å²) in [6, 6.07) is 13.6. The number of hydrogen-bond donors (Lipinski definition) is 3. The predicted octanol–water partition coefficient (Wildman–Crippen LogP) is 1.89. The summed E-state index contributed by atoms with van der Waals surface area (Å²) in [5, 5.41) is 17.6. The number of phenols is 1. The van der Waals surface area contributed by atoms with Crippen molar-refractivity contribution in [2.75, 3.05) is 0 Å². The van der Waals surface area contributed by atoms with Crippen LogP contribution in [0.15, 0.2) is 53.4 Å². The Morgan fingerprint density at radius 1 is 1.10 bits per heavy atom. The standard InChI is InChI=1S/C15H18N2O3S/c1-11(13-4-6-14(18)7-5-13)17-10-12-2-8-15(9-3-12)21(16,19)20/h2-9,11,17-18H,10H2,1H3,(H2,16,19,20). The number of aromatic hydroxyl groups is 1. The third-order valence-corrected chi connectivity index (χ3v) is 4.19. The van der Waals surface area contributed by atoms with Crippen molar-refractivity contribution < 1.29 is 13.5 Å². The molecule has 2 aromatic rings. The second kappa shape index (κ2) is 6.26. The van der Waals surface area contributed by atoms with Crippen LogP contribution in [0.1, 0.15) is 24.1 Å². The van der Waals surface area contributed by atoms with Gasteiger partial charge in [0.2, 0.25) is 10.0 Å². The van der Waals surface area contributed by atoms with E-state index in [0.717, 1.165) is 11.1 Å². The van der Waals surface area contributed by atoms with Gasteiger partial charge in [0.15, 0.2) is 0 Å². The molecule has 0 aromatic heterocycles. The molecular formula is C15H18N2O3S. The van der Waals surface area contributed by atoms with Gasteiger partial charge in [0.05, 0.1) is 4.90 Å². The minimum absolute atomic E-state index is 0.109. The number of phenolic OH excluding ortho intramolecular Hbond substituents is 1. The topological polar surface area (TPSA) is 92.4 Å². The molecule has 0 saturated heterocycles. The number of hydrogen-bond acceptors (Lipinski definition) is 4. The average Bonchev–Trinajstić information content (AvgIpc) is 2.45. The predicted molar refractivity (Wildman–Crippen MR) is 81.2 cm³/mol. The molecule has 4 N–H and O–H groups in total. The molecule has 0 spiro atoms. The van der Waals surface area contributed by atoms with Crippen LogP contribution in [0.5, 0.6) is 5.75 Å². The summed E-state index contributed by atoms with van der Waals surface area (Å²) in [6.07, 6.45) is 0. The second-order valence-corrected chi connectivity index (χ2v) is 6.44. The number of rotatable bonds is 5. The zero-order valence-electron chi connectivity index (χ0n) is 11.7. The van der Waals surface area contributed by atoms with Gasteiger partial charge in [-0.1, -0.05) is 24.3 Å². The third-order valence-electron chi connectivity index (χ3n) is 3.26. The van der Waals surface area contributed by atoms with E-state index in [9.17, 15) is 13.5 Å². The summed E-state index contributed by atoms with van der Waals surface area (Å²) >= 11 is 0. The summed E-state index contributed by atoms with van der Waals surface area (Å²) in [7, 11) is -3.64. The highest BCUT2D eigenvalue weighted by atomic mass is 32.2. The van der Waals surface area contributed by atoms with Crippen molar-refractivity contribution in [1.82, 2.24) is 5.32 Å². The van der Waals surface area contributed by atoms with E-state index in [1.807, 2.05) is 19.1 Å². The van der Waals surface area contributed by atoms with Crippen LogP contribution in [0.4, 0.5) is 0 Å². The summed E-state index contributed by atoms with van der Waals surface area (Å²) in [5.41, 5.74) is 2.03. The van der Waals surface area contributed by atoms with E-state index in [2.05, 4.69) is 5.32 Å². The van der Waals surface area contributed by atoms with Crippen LogP contribution in [0.3, 0.4) is 0 Å². The normalized spacial score (nSPS) is 13.0. The van der Waals surface area contributed by atoms with E-state index in [-0.39, 0.29) is 16.7 Å². The number of nitrogens with two attached hydrogens (primary N) is 1. The molecule has 2 aromatic carbocycles. The Bertz CT molecular complexity index is 695. The van der Waals surface area contributed by atoms with Crippen LogP contribution in [0.25, 0.3) is 0 Å². The molecule has 0 bridgehead atoms. The zero-order valence-corrected chi connectivity index (χ0v) is 12.5. The molecule has 0 fully saturated rings. The molecule has 5 nitrogen and oxygen atoms in total. The van der Waals surface area contributed by atoms with Crippen molar-refractivity contribution >= 4 is 10.0 Å². The molecule has 0 radical (unpaired) electrons. The summed E-state index contributed by atoms with van der Waals surface area (Å²) in [4.78, 5) is 0.109. The molecule has 2 rings (SSSR count). The lowest BCUT2D eigenvalue weighted by Gasteiger charge is -2.14. The maximum Gasteiger partial charge on any atom is 0.238 e. The van der Waals surface area contributed by atoms with Crippen molar-refractivity contribution in [3.05, 3.63) is 59.7 Å². The Kier molecular flexibility index (Phi) is 4.62. The minimum Gasteiger partial charge on any atom is -0.508 e. The van der Waals surface area contributed by atoms with Gasteiger partial charge in [-0.2, -0.15) is 0 Å². The maximum absolute atomic E-state index is 11.2. The van der Waals surface area contributed by atoms with Gasteiger partial charge in [-0.25, -0.2) is 13.6 Å². The van der Waals surface area contributed by atoms with Crippen LogP contribution >= 0.6 is 0 Å². The Balaban J connectivity index is 1.98. The van der Waals surface area contributed by atoms with Gasteiger partial charge < -0.3 is 10.4 Å². The molecule has 0 aliphatic carbocycles. The SMILES string of the molecule is CC(NCc1ccc(S(N)(=O)=O)cc1)c1ccc(O)cc1. The van der Waals surface area contributed by atoms with Gasteiger partial charge in [0.1, 0.15) is 5.75 Å². The lowest BCUT2D eigenvalue weighted by atomic mass is 10.1. The first kappa shape index (κ1) is 15.5. The van der Waals surface area contributed by atoms with Crippen molar-refractivity contribution in [2.24, 2.45) is 5.14 Å². The molecule has 21 heavy (non-hydrogen) atoms. The Morgan fingerprint density at radius 2 is 1.67 bits per heavy atom. The highest BCUT2D eigenvalue weighted by Crippen LogP contribution is 2.17. The van der Waals surface area contributed by atoms with Crippen molar-refractivity contribution in [2.45, 2.75) is 24.4 Å². The molecule has 112 valence electrons. The molecular weight excluding hydrogens is 288 g/mol. The number of nitrogens with one attached hydrogen (secondary N) is 1. The van der Waals surface area contributed by atoms with Crippen molar-refractivity contribution in [3.8, 4) is 5.75 Å². The van der Waals surface area contributed by atoms with Crippen LogP contribution in [0, 0.1) is 0 Å². The fourth-order valence-corrected chi connectivity index (χ4v) is 2.46.